The lowest BCUT2D eigenvalue weighted by Crippen LogP contribution is -2.42. The Hall–Kier alpha value is -2.19. The lowest BCUT2D eigenvalue weighted by atomic mass is 10.0. The summed E-state index contributed by atoms with van der Waals surface area (Å²) >= 11 is 1.80. The smallest absolute Gasteiger partial charge is 0.146 e. The van der Waals surface area contributed by atoms with Gasteiger partial charge in [0, 0.05) is 37.3 Å². The van der Waals surface area contributed by atoms with Crippen molar-refractivity contribution >= 4 is 33.1 Å². The van der Waals surface area contributed by atoms with E-state index in [4.69, 9.17) is 9.97 Å². The van der Waals surface area contributed by atoms with Crippen LogP contribution in [0.2, 0.25) is 0 Å². The van der Waals surface area contributed by atoms with Gasteiger partial charge in [0.2, 0.25) is 0 Å². The van der Waals surface area contributed by atoms with E-state index in [0.717, 1.165) is 55.6 Å². The van der Waals surface area contributed by atoms with Crippen LogP contribution < -0.4 is 10.2 Å². The Kier molecular flexibility index (Phi) is 5.37. The fourth-order valence-electron chi connectivity index (χ4n) is 4.70. The minimum absolute atomic E-state index is 0.372. The number of anilines is 2. The predicted molar refractivity (Wildman–Crippen MR) is 123 cm³/mol. The number of hydrogen-bond donors (Lipinski definition) is 1. The van der Waals surface area contributed by atoms with Crippen molar-refractivity contribution in [3.63, 3.8) is 0 Å². The van der Waals surface area contributed by atoms with Gasteiger partial charge < -0.3 is 10.2 Å². The second-order valence-corrected chi connectivity index (χ2v) is 9.94. The third-order valence-corrected chi connectivity index (χ3v) is 7.56. The first-order chi connectivity index (χ1) is 14.6. The van der Waals surface area contributed by atoms with E-state index >= 15 is 0 Å². The van der Waals surface area contributed by atoms with E-state index in [1.807, 2.05) is 17.9 Å². The highest BCUT2D eigenvalue weighted by atomic mass is 32.1. The Morgan fingerprint density at radius 3 is 2.73 bits per heavy atom. The molecule has 3 aromatic rings. The van der Waals surface area contributed by atoms with E-state index in [1.54, 1.807) is 11.3 Å². The Morgan fingerprint density at radius 1 is 1.13 bits per heavy atom. The number of piperidine rings is 1. The van der Waals surface area contributed by atoms with Crippen molar-refractivity contribution < 1.29 is 0 Å². The molecule has 2 saturated heterocycles. The zero-order valence-electron chi connectivity index (χ0n) is 18.2. The van der Waals surface area contributed by atoms with Crippen molar-refractivity contribution in [2.75, 3.05) is 36.4 Å². The number of nitrogens with zero attached hydrogens (tertiary/aromatic N) is 6. The van der Waals surface area contributed by atoms with Crippen LogP contribution in [0.1, 0.15) is 41.9 Å². The van der Waals surface area contributed by atoms with Crippen LogP contribution in [0.3, 0.4) is 0 Å². The average molecular weight is 426 g/mol. The lowest BCUT2D eigenvalue weighted by molar-refractivity contribution is 0.323. The molecule has 0 bridgehead atoms. The van der Waals surface area contributed by atoms with E-state index < -0.39 is 0 Å². The SMILES string of the molecule is Cc1sc2nc(CN3CCCC3)nc(NC3CCCN(c4cnn(C)c4)C3)c2c1C. The first-order valence-corrected chi connectivity index (χ1v) is 11.9. The number of thiophene rings is 1. The van der Waals surface area contributed by atoms with E-state index in [2.05, 4.69) is 40.3 Å². The molecule has 0 radical (unpaired) electrons. The topological polar surface area (TPSA) is 62.1 Å². The molecule has 1 unspecified atom stereocenters. The average Bonchev–Trinajstić information content (AvgIpc) is 3.45. The maximum absolute atomic E-state index is 5.04. The third kappa shape index (κ3) is 3.90. The summed E-state index contributed by atoms with van der Waals surface area (Å²) in [5.74, 6) is 1.97. The molecule has 0 amide bonds. The summed E-state index contributed by atoms with van der Waals surface area (Å²) in [6, 6.07) is 0.372. The van der Waals surface area contributed by atoms with Gasteiger partial charge in [0.15, 0.2) is 0 Å². The fraction of sp³-hybridized carbons (Fsp3) is 0.591. The second-order valence-electron chi connectivity index (χ2n) is 8.74. The molecule has 0 spiro atoms. The molecule has 160 valence electrons. The van der Waals surface area contributed by atoms with Crippen LogP contribution >= 0.6 is 11.3 Å². The molecular weight excluding hydrogens is 394 g/mol. The molecular formula is C22H31N7S. The van der Waals surface area contributed by atoms with E-state index in [9.17, 15) is 0 Å². The summed E-state index contributed by atoms with van der Waals surface area (Å²) in [4.78, 5) is 17.4. The first kappa shape index (κ1) is 19.8. The molecule has 8 heteroatoms. The molecule has 30 heavy (non-hydrogen) atoms. The molecule has 0 aromatic carbocycles. The zero-order chi connectivity index (χ0) is 20.7. The van der Waals surface area contributed by atoms with Gasteiger partial charge >= 0.3 is 0 Å². The molecule has 2 aliphatic heterocycles. The van der Waals surface area contributed by atoms with Gasteiger partial charge in [-0.05, 0) is 58.2 Å². The van der Waals surface area contributed by atoms with E-state index in [1.165, 1.54) is 40.8 Å². The molecule has 1 atom stereocenters. The fourth-order valence-corrected chi connectivity index (χ4v) is 5.75. The van der Waals surface area contributed by atoms with Crippen molar-refractivity contribution in [2.45, 2.75) is 52.1 Å². The standard InChI is InChI=1S/C22H31N7S/c1-15-16(2)30-22-20(15)21(25-19(26-22)14-28-8-4-5-9-28)24-17-7-6-10-29(12-17)18-11-23-27(3)13-18/h11,13,17H,4-10,12,14H2,1-3H3,(H,24,25,26). The van der Waals surface area contributed by atoms with Gasteiger partial charge in [0.05, 0.1) is 23.8 Å². The predicted octanol–water partition coefficient (Wildman–Crippen LogP) is 3.72. The quantitative estimate of drug-likeness (QED) is 0.672. The van der Waals surface area contributed by atoms with E-state index in [-0.39, 0.29) is 0 Å². The Morgan fingerprint density at radius 2 is 1.97 bits per heavy atom. The van der Waals surface area contributed by atoms with Crippen LogP contribution in [0.15, 0.2) is 12.4 Å². The lowest BCUT2D eigenvalue weighted by Gasteiger charge is -2.34. The Labute approximate surface area is 182 Å². The largest absolute Gasteiger partial charge is 0.367 e. The van der Waals surface area contributed by atoms with Gasteiger partial charge in [0.1, 0.15) is 16.5 Å². The molecule has 7 nitrogen and oxygen atoms in total. The van der Waals surface area contributed by atoms with Crippen molar-refractivity contribution in [3.8, 4) is 0 Å². The Bertz CT molecular complexity index is 1030. The number of hydrogen-bond acceptors (Lipinski definition) is 7. The highest BCUT2D eigenvalue weighted by Crippen LogP contribution is 2.34. The van der Waals surface area contributed by atoms with Crippen molar-refractivity contribution in [3.05, 3.63) is 28.7 Å². The summed E-state index contributed by atoms with van der Waals surface area (Å²) in [7, 11) is 1.98. The second kappa shape index (κ2) is 8.15. The number of likely N-dealkylation sites (tertiary alicyclic amines) is 1. The van der Waals surface area contributed by atoms with Gasteiger partial charge in [0.25, 0.3) is 0 Å². The summed E-state index contributed by atoms with van der Waals surface area (Å²) in [5.41, 5.74) is 2.51. The monoisotopic (exact) mass is 425 g/mol. The minimum atomic E-state index is 0.372. The number of aryl methyl sites for hydroxylation is 3. The van der Waals surface area contributed by atoms with Crippen LogP contribution in [0.5, 0.6) is 0 Å². The summed E-state index contributed by atoms with van der Waals surface area (Å²) < 4.78 is 1.88. The maximum atomic E-state index is 5.04. The number of nitrogens with one attached hydrogen (secondary N) is 1. The van der Waals surface area contributed by atoms with Crippen LogP contribution in [-0.4, -0.2) is 56.9 Å². The molecule has 5 rings (SSSR count). The van der Waals surface area contributed by atoms with Crippen molar-refractivity contribution in [2.24, 2.45) is 7.05 Å². The number of rotatable bonds is 5. The number of fused-ring (bicyclic) bond motifs is 1. The molecule has 1 N–H and O–H groups in total. The first-order valence-electron chi connectivity index (χ1n) is 11.1. The van der Waals surface area contributed by atoms with E-state index in [0.29, 0.717) is 6.04 Å². The summed E-state index contributed by atoms with van der Waals surface area (Å²) in [6.07, 6.45) is 8.97. The van der Waals surface area contributed by atoms with Gasteiger partial charge in [-0.3, -0.25) is 9.58 Å². The molecule has 5 heterocycles. The van der Waals surface area contributed by atoms with Crippen molar-refractivity contribution in [1.82, 2.24) is 24.6 Å². The van der Waals surface area contributed by atoms with Crippen molar-refractivity contribution in [1.29, 1.82) is 0 Å². The molecule has 0 aliphatic carbocycles. The van der Waals surface area contributed by atoms with Gasteiger partial charge in [-0.25, -0.2) is 9.97 Å². The maximum Gasteiger partial charge on any atom is 0.146 e. The molecule has 2 fully saturated rings. The summed E-state index contributed by atoms with van der Waals surface area (Å²) in [6.45, 7) is 9.63. The normalized spacial score (nSPS) is 20.4. The third-order valence-electron chi connectivity index (χ3n) is 6.46. The van der Waals surface area contributed by atoms with Crippen LogP contribution in [0.25, 0.3) is 10.2 Å². The van der Waals surface area contributed by atoms with Gasteiger partial charge in [-0.2, -0.15) is 5.10 Å². The van der Waals surface area contributed by atoms with Crippen LogP contribution in [0.4, 0.5) is 11.5 Å². The highest BCUT2D eigenvalue weighted by molar-refractivity contribution is 7.18. The summed E-state index contributed by atoms with van der Waals surface area (Å²) in [5, 5.41) is 9.37. The molecule has 3 aromatic heterocycles. The number of aromatic nitrogens is 4. The van der Waals surface area contributed by atoms with Gasteiger partial charge in [-0.1, -0.05) is 0 Å². The zero-order valence-corrected chi connectivity index (χ0v) is 19.0. The molecule has 0 saturated carbocycles. The van der Waals surface area contributed by atoms with Gasteiger partial charge in [-0.15, -0.1) is 11.3 Å². The van der Waals surface area contributed by atoms with Crippen LogP contribution in [0, 0.1) is 13.8 Å². The highest BCUT2D eigenvalue weighted by Gasteiger charge is 2.24. The minimum Gasteiger partial charge on any atom is -0.367 e. The molecule has 2 aliphatic rings. The van der Waals surface area contributed by atoms with Crippen LogP contribution in [-0.2, 0) is 13.6 Å². The Balaban J connectivity index is 1.41.